The number of rotatable bonds is 2. The lowest BCUT2D eigenvalue weighted by Gasteiger charge is -1.97. The summed E-state index contributed by atoms with van der Waals surface area (Å²) in [4.78, 5) is 15.8. The number of nitrogens with zero attached hydrogens (tertiary/aromatic N) is 2. The molecule has 0 atom stereocenters. The van der Waals surface area contributed by atoms with Gasteiger partial charge in [-0.15, -0.1) is 11.3 Å². The maximum absolute atomic E-state index is 11.4. The summed E-state index contributed by atoms with van der Waals surface area (Å²) in [7, 11) is 1.68. The number of fused-ring (bicyclic) bond motifs is 1. The topological polar surface area (TPSA) is 74.0 Å². The zero-order valence-corrected chi connectivity index (χ0v) is 10.5. The molecule has 2 aromatic heterocycles. The summed E-state index contributed by atoms with van der Waals surface area (Å²) >= 11 is 1.53. The van der Waals surface area contributed by atoms with E-state index in [1.165, 1.54) is 15.9 Å². The van der Waals surface area contributed by atoms with E-state index >= 15 is 0 Å². The largest absolute Gasteiger partial charge is 0.419 e. The van der Waals surface area contributed by atoms with Crippen molar-refractivity contribution < 1.29 is 4.42 Å². The molecule has 2 N–H and O–H groups in total. The summed E-state index contributed by atoms with van der Waals surface area (Å²) in [5, 5.41) is 2.85. The van der Waals surface area contributed by atoms with Crippen LogP contribution >= 0.6 is 11.3 Å². The summed E-state index contributed by atoms with van der Waals surface area (Å²) in [6.07, 6.45) is 0. The molecule has 0 bridgehead atoms. The van der Waals surface area contributed by atoms with Crippen molar-refractivity contribution in [1.29, 1.82) is 0 Å². The summed E-state index contributed by atoms with van der Waals surface area (Å²) in [6, 6.07) is 5.57. The highest BCUT2D eigenvalue weighted by Crippen LogP contribution is 2.25. The number of hydrogen-bond donors (Lipinski definition) is 1. The van der Waals surface area contributed by atoms with Gasteiger partial charge in [0.05, 0.1) is 11.2 Å². The maximum Gasteiger partial charge on any atom is 0.419 e. The van der Waals surface area contributed by atoms with Crippen molar-refractivity contribution in [2.75, 3.05) is 0 Å². The average Bonchev–Trinajstić information content (AvgIpc) is 2.96. The summed E-state index contributed by atoms with van der Waals surface area (Å²) in [5.74, 6) is -0.358. The van der Waals surface area contributed by atoms with Crippen molar-refractivity contribution in [1.82, 2.24) is 9.55 Å². The SMILES string of the molecule is Cn1c(=O)oc2ccc(-c3csc(CN)n3)cc21. The normalized spacial score (nSPS) is 11.2. The Kier molecular flexibility index (Phi) is 2.53. The third-order valence-corrected chi connectivity index (χ3v) is 3.68. The highest BCUT2D eigenvalue weighted by Gasteiger charge is 2.09. The van der Waals surface area contributed by atoms with E-state index in [0.717, 1.165) is 21.8 Å². The third kappa shape index (κ3) is 1.66. The van der Waals surface area contributed by atoms with Gasteiger partial charge in [0.25, 0.3) is 0 Å². The van der Waals surface area contributed by atoms with Gasteiger partial charge >= 0.3 is 5.76 Å². The predicted molar refractivity (Wildman–Crippen MR) is 70.5 cm³/mol. The lowest BCUT2D eigenvalue weighted by atomic mass is 10.1. The number of thiazole rings is 1. The highest BCUT2D eigenvalue weighted by molar-refractivity contribution is 7.09. The van der Waals surface area contributed by atoms with Gasteiger partial charge in [0.2, 0.25) is 0 Å². The first kappa shape index (κ1) is 11.2. The summed E-state index contributed by atoms with van der Waals surface area (Å²) < 4.78 is 6.57. The third-order valence-electron chi connectivity index (χ3n) is 2.81. The van der Waals surface area contributed by atoms with Crippen molar-refractivity contribution in [3.63, 3.8) is 0 Å². The lowest BCUT2D eigenvalue weighted by molar-refractivity contribution is 0.528. The monoisotopic (exact) mass is 261 g/mol. The Bertz CT molecular complexity index is 769. The zero-order chi connectivity index (χ0) is 12.7. The van der Waals surface area contributed by atoms with Gasteiger partial charge in [-0.1, -0.05) is 0 Å². The van der Waals surface area contributed by atoms with Crippen molar-refractivity contribution in [2.45, 2.75) is 6.54 Å². The number of aryl methyl sites for hydroxylation is 1. The molecule has 1 aromatic carbocycles. The smallest absolute Gasteiger partial charge is 0.408 e. The zero-order valence-electron chi connectivity index (χ0n) is 9.71. The van der Waals surface area contributed by atoms with Crippen LogP contribution in [0.3, 0.4) is 0 Å². The molecule has 0 saturated carbocycles. The predicted octanol–water partition coefficient (Wildman–Crippen LogP) is 1.71. The number of benzene rings is 1. The van der Waals surface area contributed by atoms with E-state index in [2.05, 4.69) is 4.98 Å². The first-order valence-corrected chi connectivity index (χ1v) is 6.31. The van der Waals surface area contributed by atoms with E-state index in [1.807, 2.05) is 17.5 Å². The number of nitrogens with two attached hydrogens (primary N) is 1. The first-order valence-electron chi connectivity index (χ1n) is 5.43. The number of aromatic nitrogens is 2. The van der Waals surface area contributed by atoms with Gasteiger partial charge in [0.15, 0.2) is 5.58 Å². The molecular weight excluding hydrogens is 250 g/mol. The van der Waals surface area contributed by atoms with Gasteiger partial charge in [0.1, 0.15) is 5.01 Å². The Morgan fingerprint density at radius 2 is 2.33 bits per heavy atom. The summed E-state index contributed by atoms with van der Waals surface area (Å²) in [6.45, 7) is 0.442. The van der Waals surface area contributed by atoms with Crippen LogP contribution < -0.4 is 11.5 Å². The van der Waals surface area contributed by atoms with Gasteiger partial charge in [-0.3, -0.25) is 4.57 Å². The number of oxazole rings is 1. The van der Waals surface area contributed by atoms with E-state index in [4.69, 9.17) is 10.2 Å². The van der Waals surface area contributed by atoms with Crippen LogP contribution in [0.4, 0.5) is 0 Å². The molecule has 0 unspecified atom stereocenters. The fraction of sp³-hybridized carbons (Fsp3) is 0.167. The molecule has 3 rings (SSSR count). The van der Waals surface area contributed by atoms with E-state index in [1.54, 1.807) is 13.1 Å². The minimum absolute atomic E-state index is 0.358. The van der Waals surface area contributed by atoms with Gasteiger partial charge in [-0.25, -0.2) is 9.78 Å². The van der Waals surface area contributed by atoms with E-state index < -0.39 is 0 Å². The van der Waals surface area contributed by atoms with Crippen LogP contribution in [0, 0.1) is 0 Å². The minimum Gasteiger partial charge on any atom is -0.408 e. The van der Waals surface area contributed by atoms with E-state index in [9.17, 15) is 4.79 Å². The van der Waals surface area contributed by atoms with E-state index in [0.29, 0.717) is 12.1 Å². The molecule has 0 fully saturated rings. The molecule has 2 heterocycles. The Hall–Kier alpha value is -1.92. The van der Waals surface area contributed by atoms with Crippen molar-refractivity contribution in [2.24, 2.45) is 12.8 Å². The van der Waals surface area contributed by atoms with Gasteiger partial charge in [-0.2, -0.15) is 0 Å². The summed E-state index contributed by atoms with van der Waals surface area (Å²) in [5.41, 5.74) is 8.72. The molecule has 0 amide bonds. The Balaban J connectivity index is 2.18. The van der Waals surface area contributed by atoms with Crippen LogP contribution in [-0.2, 0) is 13.6 Å². The fourth-order valence-corrected chi connectivity index (χ4v) is 2.51. The van der Waals surface area contributed by atoms with Crippen LogP contribution in [0.15, 0.2) is 32.8 Å². The standard InChI is InChI=1S/C12H11N3O2S/c1-15-9-4-7(2-3-10(9)17-12(15)16)8-6-18-11(5-13)14-8/h2-4,6H,5,13H2,1H3. The molecule has 0 radical (unpaired) electrons. The second kappa shape index (κ2) is 4.08. The molecule has 5 nitrogen and oxygen atoms in total. The van der Waals surface area contributed by atoms with Gasteiger partial charge in [0, 0.05) is 24.5 Å². The molecule has 0 aliphatic rings. The van der Waals surface area contributed by atoms with Crippen molar-refractivity contribution >= 4 is 22.4 Å². The van der Waals surface area contributed by atoms with Crippen molar-refractivity contribution in [3.05, 3.63) is 39.1 Å². The molecule has 0 saturated heterocycles. The van der Waals surface area contributed by atoms with Gasteiger partial charge in [-0.05, 0) is 18.2 Å². The second-order valence-electron chi connectivity index (χ2n) is 3.94. The van der Waals surface area contributed by atoms with Crippen LogP contribution in [0.1, 0.15) is 5.01 Å². The highest BCUT2D eigenvalue weighted by atomic mass is 32.1. The Morgan fingerprint density at radius 1 is 1.50 bits per heavy atom. The van der Waals surface area contributed by atoms with Crippen molar-refractivity contribution in [3.8, 4) is 11.3 Å². The maximum atomic E-state index is 11.4. The van der Waals surface area contributed by atoms with Crippen LogP contribution in [0.5, 0.6) is 0 Å². The molecule has 6 heteroatoms. The molecule has 0 spiro atoms. The minimum atomic E-state index is -0.358. The quantitative estimate of drug-likeness (QED) is 0.762. The Labute approximate surface area is 106 Å². The van der Waals surface area contributed by atoms with Crippen LogP contribution in [0.25, 0.3) is 22.4 Å². The molecule has 0 aliphatic heterocycles. The molecule has 92 valence electrons. The lowest BCUT2D eigenvalue weighted by Crippen LogP contribution is -2.08. The van der Waals surface area contributed by atoms with Crippen LogP contribution in [-0.4, -0.2) is 9.55 Å². The Morgan fingerprint density at radius 3 is 3.06 bits per heavy atom. The number of hydrogen-bond acceptors (Lipinski definition) is 5. The molecule has 0 aliphatic carbocycles. The van der Waals surface area contributed by atoms with Gasteiger partial charge < -0.3 is 10.2 Å². The van der Waals surface area contributed by atoms with Crippen LogP contribution in [0.2, 0.25) is 0 Å². The second-order valence-corrected chi connectivity index (χ2v) is 4.88. The molecular formula is C12H11N3O2S. The average molecular weight is 261 g/mol. The molecule has 3 aromatic rings. The first-order chi connectivity index (χ1) is 8.69. The fourth-order valence-electron chi connectivity index (χ4n) is 1.82. The van der Waals surface area contributed by atoms with E-state index in [-0.39, 0.29) is 5.76 Å². The molecule has 18 heavy (non-hydrogen) atoms.